The molecule has 2 N–H and O–H groups in total. The largest absolute Gasteiger partial charge is 0.505 e. The van der Waals surface area contributed by atoms with Gasteiger partial charge in [0.25, 0.3) is 5.69 Å². The number of nitro groups is 1. The van der Waals surface area contributed by atoms with Gasteiger partial charge in [-0.1, -0.05) is 36.4 Å². The van der Waals surface area contributed by atoms with E-state index in [9.17, 15) is 15.2 Å². The lowest BCUT2D eigenvalue weighted by molar-refractivity contribution is -0.384. The molecule has 0 saturated carbocycles. The number of rotatable bonds is 3. The number of phenolic OH excluding ortho intramolecular Hbond substituents is 1. The fourth-order valence-corrected chi connectivity index (χ4v) is 2.50. The number of para-hydroxylation sites is 1. The second kappa shape index (κ2) is 5.25. The Hall–Kier alpha value is -3.28. The molecule has 0 bridgehead atoms. The molecule has 3 rings (SSSR count). The molecule has 22 heavy (non-hydrogen) atoms. The molecule has 0 unspecified atom stereocenters. The van der Waals surface area contributed by atoms with Gasteiger partial charge in [0.2, 0.25) is 0 Å². The highest BCUT2D eigenvalue weighted by Crippen LogP contribution is 2.45. The molecular weight excluding hydrogens is 282 g/mol. The van der Waals surface area contributed by atoms with Crippen LogP contribution in [0.3, 0.4) is 0 Å². The number of fused-ring (bicyclic) bond motifs is 1. The number of benzene rings is 3. The predicted octanol–water partition coefficient (Wildman–Crippen LogP) is 4.78. The summed E-state index contributed by atoms with van der Waals surface area (Å²) in [6.45, 7) is 0. The lowest BCUT2D eigenvalue weighted by Crippen LogP contribution is -1.92. The fourth-order valence-electron chi connectivity index (χ4n) is 2.50. The summed E-state index contributed by atoms with van der Waals surface area (Å²) in [4.78, 5) is 10.7. The van der Waals surface area contributed by atoms with E-state index in [2.05, 4.69) is 5.11 Å². The first-order valence-corrected chi connectivity index (χ1v) is 6.49. The summed E-state index contributed by atoms with van der Waals surface area (Å²) < 4.78 is 0. The standard InChI is InChI=1S/C16H11N3O3/c17-18-15-11-6-2-1-5-10(11)9-13(16(15)20)12-7-3-4-8-14(12)19(21)22/h1-9,17,20H. The van der Waals surface area contributed by atoms with Gasteiger partial charge >= 0.3 is 0 Å². The zero-order valence-electron chi connectivity index (χ0n) is 11.4. The second-order valence-corrected chi connectivity index (χ2v) is 4.73. The van der Waals surface area contributed by atoms with E-state index in [-0.39, 0.29) is 22.7 Å². The van der Waals surface area contributed by atoms with Crippen molar-refractivity contribution >= 4 is 22.1 Å². The van der Waals surface area contributed by atoms with Crippen molar-refractivity contribution in [1.29, 1.82) is 5.53 Å². The van der Waals surface area contributed by atoms with Crippen LogP contribution in [0.5, 0.6) is 5.75 Å². The Kier molecular flexibility index (Phi) is 3.27. The highest BCUT2D eigenvalue weighted by molar-refractivity contribution is 6.01. The third-order valence-electron chi connectivity index (χ3n) is 3.50. The van der Waals surface area contributed by atoms with Gasteiger partial charge in [0, 0.05) is 17.0 Å². The molecule has 0 aliphatic carbocycles. The average molecular weight is 293 g/mol. The highest BCUT2D eigenvalue weighted by atomic mass is 16.6. The minimum absolute atomic E-state index is 0.103. The lowest BCUT2D eigenvalue weighted by Gasteiger charge is -2.10. The molecule has 0 spiro atoms. The third kappa shape index (κ3) is 2.07. The van der Waals surface area contributed by atoms with Gasteiger partial charge in [-0.05, 0) is 17.5 Å². The first-order chi connectivity index (χ1) is 10.6. The van der Waals surface area contributed by atoms with Gasteiger partial charge in [-0.15, -0.1) is 0 Å². The molecule has 3 aromatic rings. The third-order valence-corrected chi connectivity index (χ3v) is 3.50. The zero-order valence-corrected chi connectivity index (χ0v) is 11.4. The molecule has 0 atom stereocenters. The number of phenols is 1. The Morgan fingerprint density at radius 1 is 1.05 bits per heavy atom. The van der Waals surface area contributed by atoms with Gasteiger partial charge < -0.3 is 5.11 Å². The average Bonchev–Trinajstić information content (AvgIpc) is 2.54. The van der Waals surface area contributed by atoms with Crippen molar-refractivity contribution in [2.24, 2.45) is 5.11 Å². The molecule has 0 radical (unpaired) electrons. The van der Waals surface area contributed by atoms with Crippen molar-refractivity contribution in [3.8, 4) is 16.9 Å². The van der Waals surface area contributed by atoms with E-state index >= 15 is 0 Å². The Morgan fingerprint density at radius 2 is 1.73 bits per heavy atom. The smallest absolute Gasteiger partial charge is 0.277 e. The summed E-state index contributed by atoms with van der Waals surface area (Å²) in [5.41, 5.74) is 7.87. The minimum atomic E-state index is -0.499. The number of hydrogen-bond donors (Lipinski definition) is 2. The van der Waals surface area contributed by atoms with Gasteiger partial charge in [0.05, 0.1) is 10.5 Å². The van der Waals surface area contributed by atoms with E-state index in [1.54, 1.807) is 36.4 Å². The van der Waals surface area contributed by atoms with Crippen molar-refractivity contribution in [3.05, 3.63) is 64.7 Å². The Morgan fingerprint density at radius 3 is 2.45 bits per heavy atom. The molecule has 108 valence electrons. The quantitative estimate of drug-likeness (QED) is 0.412. The fraction of sp³-hybridized carbons (Fsp3) is 0. The SMILES string of the molecule is N=Nc1c(O)c(-c2ccccc2[N+](=O)[O-])cc2ccccc12. The van der Waals surface area contributed by atoms with E-state index in [4.69, 9.17) is 5.53 Å². The molecule has 0 heterocycles. The summed E-state index contributed by atoms with van der Waals surface area (Å²) >= 11 is 0. The van der Waals surface area contributed by atoms with E-state index < -0.39 is 4.92 Å². The van der Waals surface area contributed by atoms with Crippen LogP contribution in [0.25, 0.3) is 21.9 Å². The Balaban J connectivity index is 2.40. The predicted molar refractivity (Wildman–Crippen MR) is 82.5 cm³/mol. The molecule has 6 nitrogen and oxygen atoms in total. The summed E-state index contributed by atoms with van der Waals surface area (Å²) in [6.07, 6.45) is 0. The second-order valence-electron chi connectivity index (χ2n) is 4.73. The maximum Gasteiger partial charge on any atom is 0.277 e. The minimum Gasteiger partial charge on any atom is -0.505 e. The van der Waals surface area contributed by atoms with Crippen LogP contribution in [-0.2, 0) is 0 Å². The topological polar surface area (TPSA) is 99.6 Å². The van der Waals surface area contributed by atoms with Crippen LogP contribution in [0.2, 0.25) is 0 Å². The van der Waals surface area contributed by atoms with Gasteiger partial charge in [-0.3, -0.25) is 10.1 Å². The van der Waals surface area contributed by atoms with Crippen molar-refractivity contribution in [2.75, 3.05) is 0 Å². The summed E-state index contributed by atoms with van der Waals surface area (Å²) in [7, 11) is 0. The van der Waals surface area contributed by atoms with Gasteiger partial charge in [-0.25, -0.2) is 5.53 Å². The normalized spacial score (nSPS) is 10.5. The number of nitro benzene ring substituents is 1. The molecule has 0 amide bonds. The molecule has 6 heteroatoms. The van der Waals surface area contributed by atoms with Crippen molar-refractivity contribution in [1.82, 2.24) is 0 Å². The highest BCUT2D eigenvalue weighted by Gasteiger charge is 2.20. The van der Waals surface area contributed by atoms with Crippen LogP contribution in [0, 0.1) is 15.6 Å². The number of nitrogens with zero attached hydrogens (tertiary/aromatic N) is 2. The van der Waals surface area contributed by atoms with Crippen LogP contribution in [0.15, 0.2) is 59.7 Å². The molecule has 0 aromatic heterocycles. The van der Waals surface area contributed by atoms with Crippen LogP contribution < -0.4 is 0 Å². The van der Waals surface area contributed by atoms with E-state index in [0.717, 1.165) is 5.39 Å². The van der Waals surface area contributed by atoms with Gasteiger partial charge in [-0.2, -0.15) is 5.11 Å². The van der Waals surface area contributed by atoms with Crippen molar-refractivity contribution < 1.29 is 10.0 Å². The maximum atomic E-state index is 11.2. The van der Waals surface area contributed by atoms with E-state index in [1.165, 1.54) is 6.07 Å². The summed E-state index contributed by atoms with van der Waals surface area (Å²) in [5, 5.41) is 26.4. The molecule has 0 aliphatic rings. The van der Waals surface area contributed by atoms with Gasteiger partial charge in [0.1, 0.15) is 5.69 Å². The number of hydrogen-bond acceptors (Lipinski definition) is 5. The molecule has 0 saturated heterocycles. The Labute approximate surface area is 125 Å². The van der Waals surface area contributed by atoms with Crippen molar-refractivity contribution in [2.45, 2.75) is 0 Å². The first kappa shape index (κ1) is 13.7. The van der Waals surface area contributed by atoms with E-state index in [0.29, 0.717) is 10.9 Å². The maximum absolute atomic E-state index is 11.2. The molecule has 0 fully saturated rings. The monoisotopic (exact) mass is 293 g/mol. The lowest BCUT2D eigenvalue weighted by atomic mass is 9.97. The zero-order chi connectivity index (χ0) is 15.7. The number of nitrogens with one attached hydrogen (secondary N) is 1. The van der Waals surface area contributed by atoms with Gasteiger partial charge in [0.15, 0.2) is 5.75 Å². The first-order valence-electron chi connectivity index (χ1n) is 6.49. The number of aromatic hydroxyl groups is 1. The summed E-state index contributed by atoms with van der Waals surface area (Å²) in [5.74, 6) is -0.233. The molecular formula is C16H11N3O3. The van der Waals surface area contributed by atoms with Crippen LogP contribution >= 0.6 is 0 Å². The van der Waals surface area contributed by atoms with Crippen LogP contribution in [-0.4, -0.2) is 10.0 Å². The summed E-state index contributed by atoms with van der Waals surface area (Å²) in [6, 6.07) is 15.0. The molecule has 0 aliphatic heterocycles. The molecule has 3 aromatic carbocycles. The van der Waals surface area contributed by atoms with Crippen LogP contribution in [0.4, 0.5) is 11.4 Å². The Bertz CT molecular complexity index is 906. The van der Waals surface area contributed by atoms with E-state index in [1.807, 2.05) is 12.1 Å². The van der Waals surface area contributed by atoms with Crippen LogP contribution in [0.1, 0.15) is 0 Å². The van der Waals surface area contributed by atoms with Crippen molar-refractivity contribution in [3.63, 3.8) is 0 Å².